The van der Waals surface area contributed by atoms with E-state index < -0.39 is 0 Å². The molecular weight excluding hydrogens is 240 g/mol. The first-order chi connectivity index (χ1) is 9.31. The third kappa shape index (κ3) is 3.61. The fourth-order valence-electron chi connectivity index (χ4n) is 1.85. The highest BCUT2D eigenvalue weighted by atomic mass is 16.5. The fraction of sp³-hybridized carbons (Fsp3) is 0.267. The maximum absolute atomic E-state index is 5.79. The summed E-state index contributed by atoms with van der Waals surface area (Å²) in [5.74, 6) is 2.12. The van der Waals surface area contributed by atoms with Crippen LogP contribution in [0.4, 0.5) is 5.82 Å². The van der Waals surface area contributed by atoms with Crippen LogP contribution >= 0.6 is 0 Å². The number of nitrogens with two attached hydrogens (primary N) is 1. The summed E-state index contributed by atoms with van der Waals surface area (Å²) in [6.07, 6.45) is 3.44. The van der Waals surface area contributed by atoms with Crippen LogP contribution in [0, 0.1) is 0 Å². The summed E-state index contributed by atoms with van der Waals surface area (Å²) in [6.45, 7) is 0.620. The van der Waals surface area contributed by atoms with Crippen molar-refractivity contribution in [3.63, 3.8) is 0 Å². The SMILES string of the molecule is COc1ccccc1OCCCc1cccnc1N. The maximum atomic E-state index is 5.79. The molecule has 0 saturated carbocycles. The summed E-state index contributed by atoms with van der Waals surface area (Å²) in [7, 11) is 1.64. The third-order valence-corrected chi connectivity index (χ3v) is 2.84. The lowest BCUT2D eigenvalue weighted by atomic mass is 10.1. The number of rotatable bonds is 6. The summed E-state index contributed by atoms with van der Waals surface area (Å²) in [5.41, 5.74) is 6.85. The first kappa shape index (κ1) is 13.2. The molecule has 1 heterocycles. The van der Waals surface area contributed by atoms with Gasteiger partial charge in [-0.2, -0.15) is 0 Å². The molecule has 0 aliphatic rings. The number of benzene rings is 1. The predicted octanol–water partition coefficient (Wildman–Crippen LogP) is 2.68. The van der Waals surface area contributed by atoms with Crippen molar-refractivity contribution in [2.24, 2.45) is 0 Å². The number of pyridine rings is 1. The molecule has 0 unspecified atom stereocenters. The summed E-state index contributed by atoms with van der Waals surface area (Å²) in [6, 6.07) is 11.5. The first-order valence-electron chi connectivity index (χ1n) is 6.26. The van der Waals surface area contributed by atoms with E-state index in [0.29, 0.717) is 12.4 Å². The van der Waals surface area contributed by atoms with E-state index in [9.17, 15) is 0 Å². The molecule has 2 aromatic rings. The normalized spacial score (nSPS) is 10.2. The minimum Gasteiger partial charge on any atom is -0.493 e. The number of ether oxygens (including phenoxy) is 2. The van der Waals surface area contributed by atoms with Gasteiger partial charge in [0.25, 0.3) is 0 Å². The highest BCUT2D eigenvalue weighted by Crippen LogP contribution is 2.25. The molecule has 0 aliphatic heterocycles. The van der Waals surface area contributed by atoms with Crippen LogP contribution in [-0.2, 0) is 6.42 Å². The molecule has 2 rings (SSSR count). The highest BCUT2D eigenvalue weighted by Gasteiger charge is 2.03. The minimum atomic E-state index is 0.597. The number of anilines is 1. The van der Waals surface area contributed by atoms with E-state index in [-0.39, 0.29) is 0 Å². The van der Waals surface area contributed by atoms with Crippen LogP contribution in [-0.4, -0.2) is 18.7 Å². The lowest BCUT2D eigenvalue weighted by Gasteiger charge is -2.10. The Balaban J connectivity index is 1.83. The second-order valence-corrected chi connectivity index (χ2v) is 4.15. The predicted molar refractivity (Wildman–Crippen MR) is 75.5 cm³/mol. The van der Waals surface area contributed by atoms with Crippen molar-refractivity contribution in [1.29, 1.82) is 0 Å². The third-order valence-electron chi connectivity index (χ3n) is 2.84. The molecule has 100 valence electrons. The summed E-state index contributed by atoms with van der Waals surface area (Å²) < 4.78 is 10.9. The number of aryl methyl sites for hydroxylation is 1. The Morgan fingerprint density at radius 2 is 1.89 bits per heavy atom. The van der Waals surface area contributed by atoms with Crippen LogP contribution in [0.2, 0.25) is 0 Å². The van der Waals surface area contributed by atoms with Gasteiger partial charge in [-0.15, -0.1) is 0 Å². The summed E-state index contributed by atoms with van der Waals surface area (Å²) in [5, 5.41) is 0. The molecule has 4 nitrogen and oxygen atoms in total. The van der Waals surface area contributed by atoms with E-state index in [1.807, 2.05) is 36.4 Å². The average molecular weight is 258 g/mol. The van der Waals surface area contributed by atoms with Crippen molar-refractivity contribution < 1.29 is 9.47 Å². The Hall–Kier alpha value is -2.23. The molecule has 1 aromatic carbocycles. The molecule has 0 spiro atoms. The minimum absolute atomic E-state index is 0.597. The van der Waals surface area contributed by atoms with E-state index in [2.05, 4.69) is 4.98 Å². The molecule has 1 aromatic heterocycles. The van der Waals surface area contributed by atoms with Gasteiger partial charge in [-0.25, -0.2) is 4.98 Å². The van der Waals surface area contributed by atoms with Crippen molar-refractivity contribution in [3.8, 4) is 11.5 Å². The second-order valence-electron chi connectivity index (χ2n) is 4.15. The fourth-order valence-corrected chi connectivity index (χ4v) is 1.85. The number of para-hydroxylation sites is 2. The van der Waals surface area contributed by atoms with E-state index in [1.54, 1.807) is 13.3 Å². The zero-order chi connectivity index (χ0) is 13.5. The van der Waals surface area contributed by atoms with Crippen LogP contribution in [0.3, 0.4) is 0 Å². The monoisotopic (exact) mass is 258 g/mol. The summed E-state index contributed by atoms with van der Waals surface area (Å²) >= 11 is 0. The van der Waals surface area contributed by atoms with E-state index in [0.717, 1.165) is 29.9 Å². The Labute approximate surface area is 113 Å². The number of hydrogen-bond acceptors (Lipinski definition) is 4. The maximum Gasteiger partial charge on any atom is 0.161 e. The van der Waals surface area contributed by atoms with Crippen LogP contribution < -0.4 is 15.2 Å². The molecule has 0 radical (unpaired) electrons. The van der Waals surface area contributed by atoms with Gasteiger partial charge in [0.15, 0.2) is 11.5 Å². The van der Waals surface area contributed by atoms with Crippen LogP contribution in [0.5, 0.6) is 11.5 Å². The molecular formula is C15H18N2O2. The Kier molecular flexibility index (Phi) is 4.61. The van der Waals surface area contributed by atoms with Gasteiger partial charge in [-0.1, -0.05) is 18.2 Å². The van der Waals surface area contributed by atoms with Gasteiger partial charge < -0.3 is 15.2 Å². The Morgan fingerprint density at radius 1 is 1.11 bits per heavy atom. The molecule has 2 N–H and O–H groups in total. The number of hydrogen-bond donors (Lipinski definition) is 1. The Morgan fingerprint density at radius 3 is 2.63 bits per heavy atom. The Bertz CT molecular complexity index is 529. The zero-order valence-corrected chi connectivity index (χ0v) is 11.0. The van der Waals surface area contributed by atoms with Crippen molar-refractivity contribution >= 4 is 5.82 Å². The van der Waals surface area contributed by atoms with Gasteiger partial charge >= 0.3 is 0 Å². The van der Waals surface area contributed by atoms with Gasteiger partial charge in [0.2, 0.25) is 0 Å². The standard InChI is InChI=1S/C15H18N2O2/c1-18-13-8-2-3-9-14(13)19-11-5-7-12-6-4-10-17-15(12)16/h2-4,6,8-10H,5,7,11H2,1H3,(H2,16,17). The van der Waals surface area contributed by atoms with Gasteiger partial charge in [-0.3, -0.25) is 0 Å². The van der Waals surface area contributed by atoms with E-state index in [4.69, 9.17) is 15.2 Å². The number of aromatic nitrogens is 1. The van der Waals surface area contributed by atoms with Crippen LogP contribution in [0.25, 0.3) is 0 Å². The molecule has 0 bridgehead atoms. The largest absolute Gasteiger partial charge is 0.493 e. The molecule has 19 heavy (non-hydrogen) atoms. The highest BCUT2D eigenvalue weighted by molar-refractivity contribution is 5.39. The van der Waals surface area contributed by atoms with Gasteiger partial charge in [0.1, 0.15) is 5.82 Å². The van der Waals surface area contributed by atoms with Gasteiger partial charge in [0, 0.05) is 6.20 Å². The first-order valence-corrected chi connectivity index (χ1v) is 6.26. The zero-order valence-electron chi connectivity index (χ0n) is 11.0. The number of methoxy groups -OCH3 is 1. The number of nitrogens with zero attached hydrogens (tertiary/aromatic N) is 1. The summed E-state index contributed by atoms with van der Waals surface area (Å²) in [4.78, 5) is 4.06. The molecule has 4 heteroatoms. The second kappa shape index (κ2) is 6.64. The van der Waals surface area contributed by atoms with Crippen molar-refractivity contribution in [2.75, 3.05) is 19.5 Å². The lowest BCUT2D eigenvalue weighted by Crippen LogP contribution is -2.03. The van der Waals surface area contributed by atoms with Crippen LogP contribution in [0.1, 0.15) is 12.0 Å². The quantitative estimate of drug-likeness (QED) is 0.809. The molecule has 0 atom stereocenters. The van der Waals surface area contributed by atoms with Gasteiger partial charge in [-0.05, 0) is 36.6 Å². The van der Waals surface area contributed by atoms with Crippen LogP contribution in [0.15, 0.2) is 42.6 Å². The molecule has 0 saturated heterocycles. The van der Waals surface area contributed by atoms with E-state index in [1.165, 1.54) is 0 Å². The van der Waals surface area contributed by atoms with Crippen molar-refractivity contribution in [1.82, 2.24) is 4.98 Å². The lowest BCUT2D eigenvalue weighted by molar-refractivity contribution is 0.289. The molecule has 0 amide bonds. The van der Waals surface area contributed by atoms with Crippen molar-refractivity contribution in [2.45, 2.75) is 12.8 Å². The molecule has 0 aliphatic carbocycles. The van der Waals surface area contributed by atoms with Gasteiger partial charge in [0.05, 0.1) is 13.7 Å². The molecule has 0 fully saturated rings. The average Bonchev–Trinajstić information content (AvgIpc) is 2.45. The number of nitrogen functional groups attached to an aromatic ring is 1. The van der Waals surface area contributed by atoms with Crippen molar-refractivity contribution in [3.05, 3.63) is 48.2 Å². The van der Waals surface area contributed by atoms with E-state index >= 15 is 0 Å². The topological polar surface area (TPSA) is 57.4 Å². The smallest absolute Gasteiger partial charge is 0.161 e.